The van der Waals surface area contributed by atoms with Gasteiger partial charge in [0.15, 0.2) is 34.4 Å². The van der Waals surface area contributed by atoms with E-state index in [4.69, 9.17) is 38.7 Å². The number of ketones is 3. The van der Waals surface area contributed by atoms with Crippen molar-refractivity contribution in [1.82, 2.24) is 0 Å². The molecular weight excluding hydrogens is 1580 g/mol. The van der Waals surface area contributed by atoms with E-state index in [1.165, 1.54) is 35.0 Å². The number of benzene rings is 10. The maximum absolute atomic E-state index is 13.1. The van der Waals surface area contributed by atoms with Crippen LogP contribution in [0.3, 0.4) is 0 Å². The number of unbranched alkanes of at least 4 members (excludes halogenated alkanes) is 10. The van der Waals surface area contributed by atoms with Crippen LogP contribution in [0.1, 0.15) is 291 Å². The zero-order valence-corrected chi connectivity index (χ0v) is 73.5. The molecule has 1 aliphatic carbocycles. The molecule has 11 rings (SSSR count). The number of ether oxygens (including phenoxy) is 4. The highest BCUT2D eigenvalue weighted by molar-refractivity contribution is 5.99. The van der Waals surface area contributed by atoms with Crippen LogP contribution >= 0.6 is 0 Å². The standard InChI is InChI=1S/C114H93N5O9/c1-14-16-18-20-22-24-46-127-111-71-98(80(8)122)43-39-94(111)35-30-85-55-90-65-105(60-85)108(117-9)68-88-53-82(29-34-95-40-45-100(114(124)126-13)72-112(95)128-47-25-23-21-19-17-15-2)57-102(62-88)106(73-115)66-86-51-81(26-31-93-38-44-99(50-77(93)5)113(123)125-12)56-101(61-86)107(74-116)67-87-52-83(27-32-91-36-41-96(78(6)120)48-75(91)3)58-103(63-87)109(118-10)69-89-54-84(59-104(64-89)110(70-90)119-11)28-33-92-37-42-97(79(7)121)49-76(92)4/h36-45,48-72H,14-25,46-47H2,1-8,12-13H3/b106-66+,107-67?,108-68-,109-69-,110-70-. The lowest BCUT2D eigenvalue weighted by atomic mass is 9.94. The maximum Gasteiger partial charge on any atom is 0.337 e. The second-order valence-corrected chi connectivity index (χ2v) is 31.1. The zero-order chi connectivity index (χ0) is 91.2. The molecule has 0 spiro atoms. The van der Waals surface area contributed by atoms with Crippen LogP contribution < -0.4 is 9.47 Å². The number of hydrogen-bond donors (Lipinski definition) is 0. The molecule has 628 valence electrons. The highest BCUT2D eigenvalue weighted by Crippen LogP contribution is 2.35. The van der Waals surface area contributed by atoms with Crippen LogP contribution in [-0.2, 0) is 9.47 Å². The molecule has 0 unspecified atom stereocenters. The Morgan fingerprint density at radius 1 is 0.312 bits per heavy atom. The van der Waals surface area contributed by atoms with Gasteiger partial charge in [-0.3, -0.25) is 14.4 Å². The summed E-state index contributed by atoms with van der Waals surface area (Å²) in [5.74, 6) is 32.6. The number of carbonyl (C=O) groups excluding carboxylic acids is 5. The van der Waals surface area contributed by atoms with Gasteiger partial charge < -0.3 is 18.9 Å². The minimum Gasteiger partial charge on any atom is -0.492 e. The van der Waals surface area contributed by atoms with E-state index in [2.05, 4.69) is 99.7 Å². The summed E-state index contributed by atoms with van der Waals surface area (Å²) < 4.78 is 23.0. The van der Waals surface area contributed by atoms with E-state index in [0.717, 1.165) is 88.2 Å². The molecule has 0 amide bonds. The summed E-state index contributed by atoms with van der Waals surface area (Å²) in [5.41, 5.74) is 14.3. The summed E-state index contributed by atoms with van der Waals surface area (Å²) in [5, 5.41) is 23.3. The van der Waals surface area contributed by atoms with E-state index < -0.39 is 11.9 Å². The molecule has 0 atom stereocenters. The van der Waals surface area contributed by atoms with E-state index in [9.17, 15) is 34.5 Å². The molecule has 1 aliphatic rings. The Kier molecular flexibility index (Phi) is 32.6. The first-order valence-electron chi connectivity index (χ1n) is 42.4. The summed E-state index contributed by atoms with van der Waals surface area (Å²) >= 11 is 0. The van der Waals surface area contributed by atoms with Gasteiger partial charge in [0, 0.05) is 61.2 Å². The number of Topliss-reactive ketones (excluding diaryl/α,β-unsaturated/α-hetero) is 3. The summed E-state index contributed by atoms with van der Waals surface area (Å²) in [6.07, 6.45) is 20.8. The lowest BCUT2D eigenvalue weighted by molar-refractivity contribution is 0.0591. The van der Waals surface area contributed by atoms with Crippen LogP contribution in [0.25, 0.3) is 73.2 Å². The second-order valence-electron chi connectivity index (χ2n) is 31.1. The highest BCUT2D eigenvalue weighted by Gasteiger charge is 2.19. The van der Waals surface area contributed by atoms with Gasteiger partial charge in [-0.15, -0.1) is 0 Å². The lowest BCUT2D eigenvalue weighted by Crippen LogP contribution is -2.04. The number of hydrogen-bond acceptors (Lipinski definition) is 11. The van der Waals surface area contributed by atoms with Gasteiger partial charge in [-0.25, -0.2) is 24.1 Å². The van der Waals surface area contributed by atoms with Gasteiger partial charge >= 0.3 is 11.9 Å². The van der Waals surface area contributed by atoms with E-state index in [1.807, 2.05) is 32.9 Å². The molecule has 10 aromatic carbocycles. The topological polar surface area (TPSA) is 183 Å². The van der Waals surface area contributed by atoms with Gasteiger partial charge in [-0.2, -0.15) is 10.5 Å². The quantitative estimate of drug-likeness (QED) is 0.0219. The summed E-state index contributed by atoms with van der Waals surface area (Å²) in [6, 6.07) is 57.4. The van der Waals surface area contributed by atoms with Gasteiger partial charge in [0.05, 0.1) is 92.7 Å². The molecular formula is C114H93N5O9. The minimum atomic E-state index is -0.556. The van der Waals surface area contributed by atoms with Gasteiger partial charge in [0.25, 0.3) is 0 Å². The molecule has 0 radical (unpaired) electrons. The summed E-state index contributed by atoms with van der Waals surface area (Å²) in [4.78, 5) is 76.4. The molecule has 0 saturated heterocycles. The van der Waals surface area contributed by atoms with E-state index in [-0.39, 0.29) is 51.2 Å². The highest BCUT2D eigenvalue weighted by atomic mass is 16.5. The van der Waals surface area contributed by atoms with Crippen molar-refractivity contribution < 1.29 is 42.9 Å². The van der Waals surface area contributed by atoms with Crippen molar-refractivity contribution in [2.45, 2.75) is 132 Å². The molecule has 10 aromatic rings. The van der Waals surface area contributed by atoms with Crippen molar-refractivity contribution >= 4 is 87.9 Å². The van der Waals surface area contributed by atoms with Crippen molar-refractivity contribution in [1.29, 1.82) is 10.5 Å². The monoisotopic (exact) mass is 1680 g/mol. The average Bonchev–Trinajstić information content (AvgIpc) is 0.906. The van der Waals surface area contributed by atoms with E-state index in [0.29, 0.717) is 164 Å². The van der Waals surface area contributed by atoms with Gasteiger partial charge in [-0.05, 0) is 309 Å². The van der Waals surface area contributed by atoms with Crippen LogP contribution in [0.15, 0.2) is 182 Å². The fourth-order valence-electron chi connectivity index (χ4n) is 14.4. The number of rotatable bonds is 21. The number of nitriles is 2. The second kappa shape index (κ2) is 45.2. The largest absolute Gasteiger partial charge is 0.492 e. The smallest absolute Gasteiger partial charge is 0.337 e. The zero-order valence-electron chi connectivity index (χ0n) is 73.5. The molecule has 0 aliphatic heterocycles. The molecule has 128 heavy (non-hydrogen) atoms. The van der Waals surface area contributed by atoms with Crippen molar-refractivity contribution in [3.05, 3.63) is 372 Å². The Morgan fingerprint density at radius 3 is 0.891 bits per heavy atom. The fourth-order valence-corrected chi connectivity index (χ4v) is 14.4. The Bertz CT molecular complexity index is 6860. The van der Waals surface area contributed by atoms with Crippen LogP contribution in [0.5, 0.6) is 11.5 Å². The summed E-state index contributed by atoms with van der Waals surface area (Å²) in [7, 11) is 2.62. The molecule has 0 saturated carbocycles. The first-order chi connectivity index (χ1) is 62.0. The van der Waals surface area contributed by atoms with Crippen molar-refractivity contribution in [2.24, 2.45) is 0 Å². The average molecular weight is 1680 g/mol. The van der Waals surface area contributed by atoms with Crippen molar-refractivity contribution in [3.63, 3.8) is 0 Å². The third kappa shape index (κ3) is 25.4. The molecule has 0 heterocycles. The van der Waals surface area contributed by atoms with Crippen molar-refractivity contribution in [3.8, 4) is 82.8 Å². The lowest BCUT2D eigenvalue weighted by Gasteiger charge is -2.10. The molecule has 0 aromatic heterocycles. The van der Waals surface area contributed by atoms with Gasteiger partial charge in [0.2, 0.25) is 0 Å². The number of carbonyl (C=O) groups is 5. The number of allylic oxidation sites excluding steroid dienone is 2. The number of nitrogens with zero attached hydrogens (tertiary/aromatic N) is 5. The minimum absolute atomic E-state index is 0.100. The van der Waals surface area contributed by atoms with E-state index >= 15 is 0 Å². The maximum atomic E-state index is 13.1. The normalized spacial score (nSPS) is 12.8. The third-order valence-electron chi connectivity index (χ3n) is 21.3. The summed E-state index contributed by atoms with van der Waals surface area (Å²) in [6.45, 7) is 42.3. The molecule has 10 bridgehead atoms. The number of aryl methyl sites for hydroxylation is 3. The Balaban J connectivity index is 1.22. The fraction of sp³-hybridized carbons (Fsp3) is 0.211. The predicted molar refractivity (Wildman–Crippen MR) is 509 cm³/mol. The number of esters is 2. The number of methoxy groups -OCH3 is 2. The van der Waals surface area contributed by atoms with E-state index in [1.54, 1.807) is 200 Å². The van der Waals surface area contributed by atoms with Gasteiger partial charge in [0.1, 0.15) is 11.5 Å². The third-order valence-corrected chi connectivity index (χ3v) is 21.3. The Morgan fingerprint density at radius 2 is 0.578 bits per heavy atom. The predicted octanol–water partition coefficient (Wildman–Crippen LogP) is 25.0. The molecule has 0 N–H and O–H groups in total. The van der Waals surface area contributed by atoms with Crippen LogP contribution in [0, 0.1) is 122 Å². The van der Waals surface area contributed by atoms with Crippen LogP contribution in [0.2, 0.25) is 0 Å². The van der Waals surface area contributed by atoms with Crippen LogP contribution in [0.4, 0.5) is 0 Å². The molecule has 14 heteroatoms. The van der Waals surface area contributed by atoms with Crippen LogP contribution in [-0.4, -0.2) is 56.7 Å². The molecule has 0 fully saturated rings. The Labute approximate surface area is 751 Å². The van der Waals surface area contributed by atoms with Crippen molar-refractivity contribution in [2.75, 3.05) is 27.4 Å². The first kappa shape index (κ1) is 92.4. The first-order valence-corrected chi connectivity index (χ1v) is 42.4. The van der Waals surface area contributed by atoms with Gasteiger partial charge in [-0.1, -0.05) is 168 Å². The number of fused-ring (bicyclic) bond motifs is 10. The SMILES string of the molecule is [C-]#[N+]/C1=C\c2cc(C#Cc3ccc(C(C)=O)cc3C)cc(c2)/C([N+]#[C-])=C/c2cc(C#Cc3ccc(C(C)=O)cc3OCCCCCCCC)cc(c2)/C([N+]#[C-])=C/c2cc(C#Cc3ccc(C(=O)OC)cc3OCCCCCCCC)cc(c2)/C(C#N)=C/c2cc(C#Cc3ccc(C(=O)OC)cc3C)cc(c2)C(C#N)=Cc2cc(C#Cc3ccc(C(C)=O)cc3C)cc1c2. The molecule has 14 nitrogen and oxygen atoms in total. The Hall–Kier alpha value is -16.3.